The van der Waals surface area contributed by atoms with Gasteiger partial charge in [-0.1, -0.05) is 94.2 Å². The largest absolute Gasteiger partial charge is 0.481 e. The highest BCUT2D eigenvalue weighted by molar-refractivity contribution is 5.69. The lowest BCUT2D eigenvalue weighted by atomic mass is 10.1. The van der Waals surface area contributed by atoms with E-state index in [1.165, 1.54) is 19.3 Å². The summed E-state index contributed by atoms with van der Waals surface area (Å²) in [5, 5.41) is 8.74. The second-order valence-corrected chi connectivity index (χ2v) is 9.55. The number of carbonyl (C=O) groups is 2. The molecule has 1 atom stereocenters. The van der Waals surface area contributed by atoms with Crippen LogP contribution in [0.5, 0.6) is 0 Å². The first-order valence-corrected chi connectivity index (χ1v) is 14.8. The molecular weight excluding hydrogens is 460 g/mol. The van der Waals surface area contributed by atoms with Gasteiger partial charge in [-0.05, 0) is 83.1 Å². The molecule has 0 aliphatic heterocycles. The molecule has 0 radical (unpaired) electrons. The Bertz CT molecular complexity index is 684. The number of aliphatic carboxylic acids is 1. The van der Waals surface area contributed by atoms with Gasteiger partial charge in [0.05, 0.1) is 0 Å². The summed E-state index contributed by atoms with van der Waals surface area (Å²) in [5.41, 5.74) is 0. The lowest BCUT2D eigenvalue weighted by Gasteiger charge is -2.14. The van der Waals surface area contributed by atoms with E-state index in [4.69, 9.17) is 9.84 Å². The fourth-order valence-electron chi connectivity index (χ4n) is 3.79. The molecule has 0 aliphatic rings. The lowest BCUT2D eigenvalue weighted by Crippen LogP contribution is -2.16. The van der Waals surface area contributed by atoms with Gasteiger partial charge in [0, 0.05) is 12.8 Å². The van der Waals surface area contributed by atoms with E-state index < -0.39 is 5.97 Å². The zero-order valence-electron chi connectivity index (χ0n) is 23.8. The molecule has 0 bridgehead atoms. The summed E-state index contributed by atoms with van der Waals surface area (Å²) in [7, 11) is 0. The highest BCUT2D eigenvalue weighted by atomic mass is 16.5. The Morgan fingerprint density at radius 2 is 1.22 bits per heavy atom. The van der Waals surface area contributed by atoms with E-state index >= 15 is 0 Å². The van der Waals surface area contributed by atoms with Gasteiger partial charge >= 0.3 is 11.9 Å². The summed E-state index contributed by atoms with van der Waals surface area (Å²) in [6, 6.07) is 0. The second-order valence-electron chi connectivity index (χ2n) is 9.55. The van der Waals surface area contributed by atoms with E-state index in [0.717, 1.165) is 77.0 Å². The molecule has 1 N–H and O–H groups in total. The first-order valence-electron chi connectivity index (χ1n) is 14.8. The molecule has 0 aromatic rings. The maximum Gasteiger partial charge on any atom is 0.306 e. The SMILES string of the molecule is CC/C=C\C/C=C\C/C=C\C/C=C\CCCCC(=O)OC(/C=C\CCCCC)CCCCCCC(=O)O. The van der Waals surface area contributed by atoms with Gasteiger partial charge in [0.2, 0.25) is 0 Å². The maximum atomic E-state index is 12.4. The third-order valence-corrected chi connectivity index (χ3v) is 5.96. The van der Waals surface area contributed by atoms with E-state index in [1.54, 1.807) is 0 Å². The second kappa shape index (κ2) is 28.2. The molecule has 0 fully saturated rings. The van der Waals surface area contributed by atoms with Gasteiger partial charge in [-0.15, -0.1) is 0 Å². The van der Waals surface area contributed by atoms with Crippen molar-refractivity contribution in [1.29, 1.82) is 0 Å². The number of carboxylic acid groups (broad SMARTS) is 1. The van der Waals surface area contributed by atoms with Crippen molar-refractivity contribution in [2.24, 2.45) is 0 Å². The summed E-state index contributed by atoms with van der Waals surface area (Å²) >= 11 is 0. The van der Waals surface area contributed by atoms with Crippen LogP contribution in [0, 0.1) is 0 Å². The molecule has 0 saturated heterocycles. The minimum atomic E-state index is -0.733. The zero-order chi connectivity index (χ0) is 27.2. The molecule has 210 valence electrons. The monoisotopic (exact) mass is 514 g/mol. The number of hydrogen-bond donors (Lipinski definition) is 1. The van der Waals surface area contributed by atoms with Crippen molar-refractivity contribution in [1.82, 2.24) is 0 Å². The van der Waals surface area contributed by atoms with E-state index in [0.29, 0.717) is 12.8 Å². The van der Waals surface area contributed by atoms with Crippen LogP contribution in [0.15, 0.2) is 60.8 Å². The van der Waals surface area contributed by atoms with Crippen molar-refractivity contribution >= 4 is 11.9 Å². The van der Waals surface area contributed by atoms with Gasteiger partial charge in [0.15, 0.2) is 0 Å². The molecule has 0 spiro atoms. The molecule has 0 aliphatic carbocycles. The number of allylic oxidation sites excluding steroid dienone is 9. The molecule has 0 amide bonds. The fourth-order valence-corrected chi connectivity index (χ4v) is 3.79. The summed E-state index contributed by atoms with van der Waals surface area (Å²) in [6.07, 6.45) is 38.2. The third kappa shape index (κ3) is 28.1. The molecule has 0 aromatic carbocycles. The molecular formula is C33H54O4. The van der Waals surface area contributed by atoms with Crippen molar-refractivity contribution in [3.8, 4) is 0 Å². The zero-order valence-corrected chi connectivity index (χ0v) is 23.8. The van der Waals surface area contributed by atoms with Crippen LogP contribution in [0.1, 0.15) is 129 Å². The fraction of sp³-hybridized carbons (Fsp3) is 0.636. The number of rotatable bonds is 25. The molecule has 0 heterocycles. The third-order valence-electron chi connectivity index (χ3n) is 5.96. The number of esters is 1. The van der Waals surface area contributed by atoms with Crippen LogP contribution >= 0.6 is 0 Å². The predicted octanol–water partition coefficient (Wildman–Crippen LogP) is 9.83. The molecule has 4 heteroatoms. The van der Waals surface area contributed by atoms with Gasteiger partial charge in [-0.25, -0.2) is 0 Å². The molecule has 1 unspecified atom stereocenters. The Kier molecular flexibility index (Phi) is 26.4. The number of unbranched alkanes of at least 4 members (excludes halogenated alkanes) is 8. The molecule has 0 saturated carbocycles. The molecule has 0 rings (SSSR count). The summed E-state index contributed by atoms with van der Waals surface area (Å²) in [4.78, 5) is 23.0. The highest BCUT2D eigenvalue weighted by Gasteiger charge is 2.11. The molecule has 37 heavy (non-hydrogen) atoms. The van der Waals surface area contributed by atoms with Crippen molar-refractivity contribution in [3.63, 3.8) is 0 Å². The normalized spacial score (nSPS) is 13.1. The van der Waals surface area contributed by atoms with Crippen LogP contribution in [0.25, 0.3) is 0 Å². The number of hydrogen-bond acceptors (Lipinski definition) is 3. The summed E-state index contributed by atoms with van der Waals surface area (Å²) in [5.74, 6) is -0.844. The van der Waals surface area contributed by atoms with Crippen LogP contribution in [0.4, 0.5) is 0 Å². The first-order chi connectivity index (χ1) is 18.1. The standard InChI is InChI=1S/C33H54O4/c1-3-5-7-9-10-11-12-13-14-15-16-17-18-20-26-30-33(36)37-31(27-23-19-8-6-4-2)28-24-21-22-25-29-32(34)35/h5,7,10-11,13-14,16-17,23,27,31H,3-4,6,8-9,12,15,18-22,24-26,28-30H2,1-2H3,(H,34,35)/b7-5-,11-10-,14-13-,17-16-,27-23-. The van der Waals surface area contributed by atoms with E-state index in [9.17, 15) is 9.59 Å². The van der Waals surface area contributed by atoms with E-state index in [-0.39, 0.29) is 18.5 Å². The van der Waals surface area contributed by atoms with Gasteiger partial charge in [-0.2, -0.15) is 0 Å². The minimum Gasteiger partial charge on any atom is -0.481 e. The smallest absolute Gasteiger partial charge is 0.306 e. The van der Waals surface area contributed by atoms with Gasteiger partial charge < -0.3 is 9.84 Å². The Labute approximate surface area is 227 Å². The van der Waals surface area contributed by atoms with Crippen molar-refractivity contribution in [2.75, 3.05) is 0 Å². The van der Waals surface area contributed by atoms with Gasteiger partial charge in [0.25, 0.3) is 0 Å². The minimum absolute atomic E-state index is 0.112. The van der Waals surface area contributed by atoms with Crippen molar-refractivity contribution in [3.05, 3.63) is 60.8 Å². The maximum absolute atomic E-state index is 12.4. The number of ether oxygens (including phenoxy) is 1. The molecule has 0 aromatic heterocycles. The lowest BCUT2D eigenvalue weighted by molar-refractivity contribution is -0.147. The number of carboxylic acids is 1. The van der Waals surface area contributed by atoms with Crippen LogP contribution in [0.3, 0.4) is 0 Å². The Hall–Kier alpha value is -2.36. The molecule has 4 nitrogen and oxygen atoms in total. The Morgan fingerprint density at radius 1 is 0.649 bits per heavy atom. The van der Waals surface area contributed by atoms with Crippen LogP contribution < -0.4 is 0 Å². The van der Waals surface area contributed by atoms with Crippen molar-refractivity contribution in [2.45, 2.75) is 136 Å². The average molecular weight is 515 g/mol. The van der Waals surface area contributed by atoms with Crippen LogP contribution in [-0.2, 0) is 14.3 Å². The van der Waals surface area contributed by atoms with Crippen LogP contribution in [-0.4, -0.2) is 23.1 Å². The quantitative estimate of drug-likeness (QED) is 0.0748. The topological polar surface area (TPSA) is 63.6 Å². The first kappa shape index (κ1) is 34.6. The Morgan fingerprint density at radius 3 is 1.86 bits per heavy atom. The number of carbonyl (C=O) groups excluding carboxylic acids is 1. The van der Waals surface area contributed by atoms with Crippen LogP contribution in [0.2, 0.25) is 0 Å². The van der Waals surface area contributed by atoms with Gasteiger partial charge in [0.1, 0.15) is 6.10 Å². The summed E-state index contributed by atoms with van der Waals surface area (Å²) < 4.78 is 5.76. The predicted molar refractivity (Wildman–Crippen MR) is 158 cm³/mol. The summed E-state index contributed by atoms with van der Waals surface area (Å²) in [6.45, 7) is 4.34. The average Bonchev–Trinajstić information content (AvgIpc) is 2.87. The Balaban J connectivity index is 4.08. The highest BCUT2D eigenvalue weighted by Crippen LogP contribution is 2.14. The van der Waals surface area contributed by atoms with E-state index in [2.05, 4.69) is 74.6 Å². The van der Waals surface area contributed by atoms with Crippen molar-refractivity contribution < 1.29 is 19.4 Å². The van der Waals surface area contributed by atoms with E-state index in [1.807, 2.05) is 0 Å². The van der Waals surface area contributed by atoms with Gasteiger partial charge in [-0.3, -0.25) is 9.59 Å².